The molecule has 164 valence electrons. The maximum atomic E-state index is 12.8. The SMILES string of the molecule is Nc1ncc(Br)cc1C(=O)c1cccc(N2CCCN(C(=O)CC(F)(F)F)CC2)n1.[HH].[HH]. The van der Waals surface area contributed by atoms with Gasteiger partial charge in [-0.25, -0.2) is 9.97 Å². The highest BCUT2D eigenvalue weighted by atomic mass is 79.9. The van der Waals surface area contributed by atoms with Crippen LogP contribution in [0.5, 0.6) is 0 Å². The van der Waals surface area contributed by atoms with Crippen LogP contribution in [0.15, 0.2) is 34.9 Å². The van der Waals surface area contributed by atoms with E-state index in [0.29, 0.717) is 29.8 Å². The Hall–Kier alpha value is -2.69. The number of nitrogen functional groups attached to an aromatic ring is 1. The molecule has 1 fully saturated rings. The summed E-state index contributed by atoms with van der Waals surface area (Å²) in [5.41, 5.74) is 6.20. The molecule has 2 N–H and O–H groups in total. The maximum absolute atomic E-state index is 12.8. The van der Waals surface area contributed by atoms with Gasteiger partial charge in [0.2, 0.25) is 11.7 Å². The lowest BCUT2D eigenvalue weighted by Crippen LogP contribution is -2.37. The summed E-state index contributed by atoms with van der Waals surface area (Å²) in [5, 5.41) is 0. The van der Waals surface area contributed by atoms with Crippen LogP contribution >= 0.6 is 15.9 Å². The number of nitrogens with zero attached hydrogens (tertiary/aromatic N) is 4. The number of ketones is 1. The van der Waals surface area contributed by atoms with Crippen LogP contribution in [0.2, 0.25) is 0 Å². The summed E-state index contributed by atoms with van der Waals surface area (Å²) in [7, 11) is 0. The Labute approximate surface area is 182 Å². The zero-order valence-corrected chi connectivity index (χ0v) is 17.4. The number of hydrogen-bond acceptors (Lipinski definition) is 6. The van der Waals surface area contributed by atoms with E-state index >= 15 is 0 Å². The molecule has 0 aliphatic carbocycles. The highest BCUT2D eigenvalue weighted by molar-refractivity contribution is 9.10. The van der Waals surface area contributed by atoms with Crippen molar-refractivity contribution in [2.75, 3.05) is 36.8 Å². The van der Waals surface area contributed by atoms with Crippen LogP contribution in [0.3, 0.4) is 0 Å². The molecule has 1 aliphatic rings. The summed E-state index contributed by atoms with van der Waals surface area (Å²) in [6, 6.07) is 6.51. The zero-order valence-electron chi connectivity index (χ0n) is 15.8. The molecule has 3 rings (SSSR count). The molecule has 7 nitrogen and oxygen atoms in total. The third-order valence-electron chi connectivity index (χ3n) is 4.62. The van der Waals surface area contributed by atoms with Gasteiger partial charge < -0.3 is 15.5 Å². The van der Waals surface area contributed by atoms with Crippen LogP contribution in [-0.4, -0.2) is 58.9 Å². The van der Waals surface area contributed by atoms with Crippen molar-refractivity contribution in [3.8, 4) is 0 Å². The van der Waals surface area contributed by atoms with Crippen molar-refractivity contribution in [1.29, 1.82) is 0 Å². The number of alkyl halides is 3. The van der Waals surface area contributed by atoms with Gasteiger partial charge in [-0.3, -0.25) is 9.59 Å². The number of rotatable bonds is 4. The minimum Gasteiger partial charge on any atom is -0.383 e. The number of carbonyl (C=O) groups is 2. The van der Waals surface area contributed by atoms with Crippen LogP contribution in [0, 0.1) is 0 Å². The molecule has 11 heteroatoms. The number of anilines is 2. The van der Waals surface area contributed by atoms with Gasteiger partial charge in [-0.05, 0) is 40.5 Å². The largest absolute Gasteiger partial charge is 0.397 e. The van der Waals surface area contributed by atoms with Crippen molar-refractivity contribution in [3.05, 3.63) is 46.2 Å². The summed E-state index contributed by atoms with van der Waals surface area (Å²) in [5.74, 6) is -0.727. The second kappa shape index (κ2) is 8.99. The van der Waals surface area contributed by atoms with Crippen molar-refractivity contribution in [3.63, 3.8) is 0 Å². The fourth-order valence-corrected chi connectivity index (χ4v) is 3.51. The molecule has 1 amide bonds. The summed E-state index contributed by atoms with van der Waals surface area (Å²) >= 11 is 3.26. The Morgan fingerprint density at radius 1 is 1.20 bits per heavy atom. The van der Waals surface area contributed by atoms with E-state index in [-0.39, 0.29) is 38.8 Å². The van der Waals surface area contributed by atoms with E-state index in [9.17, 15) is 22.8 Å². The molecule has 0 spiro atoms. The monoisotopic (exact) mass is 489 g/mol. The van der Waals surface area contributed by atoms with E-state index in [1.807, 2.05) is 4.90 Å². The number of carbonyl (C=O) groups excluding carboxylic acids is 2. The topological polar surface area (TPSA) is 92.4 Å². The summed E-state index contributed by atoms with van der Waals surface area (Å²) in [6.45, 7) is 1.21. The molecular weight excluding hydrogens is 467 g/mol. The average molecular weight is 490 g/mol. The van der Waals surface area contributed by atoms with Gasteiger partial charge in [0.05, 0.1) is 5.56 Å². The predicted octanol–water partition coefficient (Wildman–Crippen LogP) is 3.54. The standard InChI is InChI=1S/C19H19BrF3N5O2.2H2/c20-12-9-13(18(24)25-11-12)17(30)14-3-1-4-15(26-14)27-5-2-6-28(8-7-27)16(29)10-19(21,22)23;;/h1,3-4,9,11H,2,5-8,10H2,(H2,24,25);2*1H. The Morgan fingerprint density at radius 2 is 1.97 bits per heavy atom. The molecule has 0 aromatic carbocycles. The molecular formula is C19H23BrF3N5O2. The highest BCUT2D eigenvalue weighted by Crippen LogP contribution is 2.23. The lowest BCUT2D eigenvalue weighted by atomic mass is 10.1. The molecule has 0 atom stereocenters. The van der Waals surface area contributed by atoms with E-state index in [2.05, 4.69) is 25.9 Å². The van der Waals surface area contributed by atoms with Gasteiger partial charge in [-0.15, -0.1) is 0 Å². The van der Waals surface area contributed by atoms with E-state index in [4.69, 9.17) is 5.73 Å². The van der Waals surface area contributed by atoms with Gasteiger partial charge in [0.1, 0.15) is 23.8 Å². The number of halogens is 4. The third kappa shape index (κ3) is 5.47. The van der Waals surface area contributed by atoms with E-state index in [1.165, 1.54) is 11.1 Å². The second-order valence-electron chi connectivity index (χ2n) is 6.81. The first-order chi connectivity index (χ1) is 14.1. The Bertz CT molecular complexity index is 965. The lowest BCUT2D eigenvalue weighted by molar-refractivity contribution is -0.161. The number of pyridine rings is 2. The number of nitrogens with two attached hydrogens (primary N) is 1. The first kappa shape index (κ1) is 22.0. The van der Waals surface area contributed by atoms with Gasteiger partial charge in [0.25, 0.3) is 0 Å². The molecule has 3 heterocycles. The lowest BCUT2D eigenvalue weighted by Gasteiger charge is -2.23. The predicted molar refractivity (Wildman–Crippen MR) is 112 cm³/mol. The molecule has 0 radical (unpaired) electrons. The number of hydrogen-bond donors (Lipinski definition) is 1. The summed E-state index contributed by atoms with van der Waals surface area (Å²) < 4.78 is 38.1. The number of amides is 1. The van der Waals surface area contributed by atoms with E-state index in [1.54, 1.807) is 24.3 Å². The van der Waals surface area contributed by atoms with Crippen LogP contribution in [-0.2, 0) is 4.79 Å². The van der Waals surface area contributed by atoms with Crippen molar-refractivity contribution < 1.29 is 25.6 Å². The van der Waals surface area contributed by atoms with E-state index < -0.39 is 18.5 Å². The van der Waals surface area contributed by atoms with Crippen LogP contribution in [0.4, 0.5) is 24.8 Å². The van der Waals surface area contributed by atoms with Crippen molar-refractivity contribution in [2.24, 2.45) is 0 Å². The van der Waals surface area contributed by atoms with E-state index in [0.717, 1.165) is 0 Å². The second-order valence-corrected chi connectivity index (χ2v) is 7.73. The zero-order chi connectivity index (χ0) is 21.9. The molecule has 2 aromatic heterocycles. The fourth-order valence-electron chi connectivity index (χ4n) is 3.17. The molecule has 2 aromatic rings. The van der Waals surface area contributed by atoms with Crippen LogP contribution < -0.4 is 10.6 Å². The van der Waals surface area contributed by atoms with Gasteiger partial charge >= 0.3 is 6.18 Å². The smallest absolute Gasteiger partial charge is 0.383 e. The minimum atomic E-state index is -4.53. The Balaban J connectivity index is 0.00000256. The van der Waals surface area contributed by atoms with Crippen LogP contribution in [0.25, 0.3) is 0 Å². The fraction of sp³-hybridized carbons (Fsp3) is 0.368. The van der Waals surface area contributed by atoms with Gasteiger partial charge in [0, 0.05) is 39.7 Å². The summed E-state index contributed by atoms with van der Waals surface area (Å²) in [4.78, 5) is 36.1. The Morgan fingerprint density at radius 3 is 2.70 bits per heavy atom. The maximum Gasteiger partial charge on any atom is 0.397 e. The minimum absolute atomic E-state index is 0. The van der Waals surface area contributed by atoms with Gasteiger partial charge in [-0.1, -0.05) is 6.07 Å². The van der Waals surface area contributed by atoms with Crippen molar-refractivity contribution >= 4 is 39.3 Å². The molecule has 1 aliphatic heterocycles. The van der Waals surface area contributed by atoms with Gasteiger partial charge in [-0.2, -0.15) is 13.2 Å². The summed E-state index contributed by atoms with van der Waals surface area (Å²) in [6.07, 6.45) is -4.01. The molecule has 0 saturated carbocycles. The molecule has 0 unspecified atom stereocenters. The normalized spacial score (nSPS) is 15.1. The van der Waals surface area contributed by atoms with Crippen molar-refractivity contribution in [2.45, 2.75) is 19.0 Å². The molecule has 1 saturated heterocycles. The Kier molecular flexibility index (Phi) is 6.59. The average Bonchev–Trinajstić information content (AvgIpc) is 2.94. The third-order valence-corrected chi connectivity index (χ3v) is 5.05. The quantitative estimate of drug-likeness (QED) is 0.660. The highest BCUT2D eigenvalue weighted by Gasteiger charge is 2.34. The first-order valence-corrected chi connectivity index (χ1v) is 9.95. The van der Waals surface area contributed by atoms with Crippen molar-refractivity contribution in [1.82, 2.24) is 14.9 Å². The first-order valence-electron chi connectivity index (χ1n) is 9.16. The molecule has 0 bridgehead atoms. The van der Waals surface area contributed by atoms with Gasteiger partial charge in [0.15, 0.2) is 0 Å². The van der Waals surface area contributed by atoms with Crippen LogP contribution in [0.1, 0.15) is 31.7 Å². The number of aromatic nitrogens is 2. The molecule has 30 heavy (non-hydrogen) atoms.